The molecule has 5 nitrogen and oxygen atoms in total. The zero-order chi connectivity index (χ0) is 27.1. The van der Waals surface area contributed by atoms with Crippen LogP contribution in [0.1, 0.15) is 53.5 Å². The Morgan fingerprint density at radius 3 is 2.61 bits per heavy atom. The molecule has 6 heteroatoms. The summed E-state index contributed by atoms with van der Waals surface area (Å²) in [6, 6.07) is 18.2. The number of aliphatic carboxylic acids is 1. The van der Waals surface area contributed by atoms with E-state index in [1.165, 1.54) is 33.4 Å². The molecule has 0 saturated carbocycles. The van der Waals surface area contributed by atoms with Crippen LogP contribution in [0.15, 0.2) is 54.6 Å². The zero-order valence-corrected chi connectivity index (χ0v) is 23.0. The van der Waals surface area contributed by atoms with Crippen molar-refractivity contribution in [1.82, 2.24) is 0 Å². The number of carboxylic acids is 1. The van der Waals surface area contributed by atoms with Crippen LogP contribution in [0.5, 0.6) is 11.5 Å². The molecule has 0 amide bonds. The van der Waals surface area contributed by atoms with Gasteiger partial charge in [-0.2, -0.15) is 0 Å². The van der Waals surface area contributed by atoms with E-state index in [2.05, 4.69) is 49.1 Å². The quantitative estimate of drug-likeness (QED) is 0.185. The zero-order valence-electron chi connectivity index (χ0n) is 22.2. The van der Waals surface area contributed by atoms with Gasteiger partial charge in [0.2, 0.25) is 0 Å². The first kappa shape index (κ1) is 27.6. The Hall–Kier alpha value is -3.40. The Balaban J connectivity index is 1.47. The number of benzene rings is 3. The Bertz CT molecular complexity index is 1330. The highest BCUT2D eigenvalue weighted by molar-refractivity contribution is 7.90. The molecule has 0 aromatic heterocycles. The molecule has 2 atom stereocenters. The second-order valence-corrected chi connectivity index (χ2v) is 11.2. The molecule has 0 spiro atoms. The molecule has 1 aliphatic carbocycles. The van der Waals surface area contributed by atoms with Crippen molar-refractivity contribution in [3.63, 3.8) is 0 Å². The maximum absolute atomic E-state index is 11.3. The predicted molar refractivity (Wildman–Crippen MR) is 152 cm³/mol. The molecule has 3 aromatic rings. The number of rotatable bonds is 11. The van der Waals surface area contributed by atoms with E-state index in [0.717, 1.165) is 36.3 Å². The Morgan fingerprint density at radius 1 is 1.11 bits per heavy atom. The van der Waals surface area contributed by atoms with Crippen molar-refractivity contribution in [3.8, 4) is 34.5 Å². The molecule has 4 rings (SSSR count). The second-order valence-electron chi connectivity index (χ2n) is 9.60. The summed E-state index contributed by atoms with van der Waals surface area (Å²) < 4.78 is 23.4. The van der Waals surface area contributed by atoms with Crippen LogP contribution in [-0.2, 0) is 35.4 Å². The van der Waals surface area contributed by atoms with E-state index < -0.39 is 17.1 Å². The number of fused-ring (bicyclic) bond motifs is 3. The fourth-order valence-electron chi connectivity index (χ4n) is 5.06. The monoisotopic (exact) mass is 530 g/mol. The molecule has 0 aliphatic heterocycles. The summed E-state index contributed by atoms with van der Waals surface area (Å²) in [5, 5.41) is 9.18. The maximum atomic E-state index is 11.3. The van der Waals surface area contributed by atoms with Gasteiger partial charge in [-0.05, 0) is 89.9 Å². The van der Waals surface area contributed by atoms with Gasteiger partial charge in [-0.15, -0.1) is 5.92 Å². The normalized spacial score (nSPS) is 13.4. The van der Waals surface area contributed by atoms with Crippen molar-refractivity contribution in [1.29, 1.82) is 0 Å². The third kappa shape index (κ3) is 6.92. The molecule has 1 aliphatic rings. The standard InChI is InChI=1S/C32H34O5S/c1-4-7-24(20-31(33)34)23-10-13-27(14-11-23)37-21-26-8-5-9-30-29(26)15-12-25-19-28(18-22(2)32(25)30)36-16-6-17-38(3)35/h5,8-11,13-14,18-19,24H,6,12,15-17,20-21H2,1-3H3,(H,33,34)/t24-,38?/m0/s1. The highest BCUT2D eigenvalue weighted by Crippen LogP contribution is 2.39. The topological polar surface area (TPSA) is 78.8 Å². The fourth-order valence-corrected chi connectivity index (χ4v) is 5.58. The van der Waals surface area contributed by atoms with Gasteiger partial charge >= 0.3 is 5.97 Å². The van der Waals surface area contributed by atoms with Crippen LogP contribution in [0.2, 0.25) is 0 Å². The van der Waals surface area contributed by atoms with Gasteiger partial charge in [-0.1, -0.05) is 47.4 Å². The van der Waals surface area contributed by atoms with Crippen LogP contribution in [0.25, 0.3) is 11.1 Å². The Labute approximate surface area is 228 Å². The van der Waals surface area contributed by atoms with Crippen LogP contribution in [0.4, 0.5) is 0 Å². The summed E-state index contributed by atoms with van der Waals surface area (Å²) in [5.74, 6) is 6.90. The SMILES string of the molecule is CC#C[C@@H](CC(=O)O)c1ccc(OCc2cccc3c2CCc2cc(OCCC[S+](C)[O-])cc(C)c2-3)cc1. The molecule has 1 unspecified atom stereocenters. The van der Waals surface area contributed by atoms with Gasteiger partial charge < -0.3 is 19.1 Å². The lowest BCUT2D eigenvalue weighted by atomic mass is 9.81. The van der Waals surface area contributed by atoms with Gasteiger partial charge in [-0.25, -0.2) is 0 Å². The molecule has 198 valence electrons. The lowest BCUT2D eigenvalue weighted by Gasteiger charge is -2.25. The molecule has 0 heterocycles. The molecule has 0 bridgehead atoms. The Kier molecular flexibility index (Phi) is 9.38. The van der Waals surface area contributed by atoms with E-state index >= 15 is 0 Å². The molecule has 1 N–H and O–H groups in total. The summed E-state index contributed by atoms with van der Waals surface area (Å²) in [7, 11) is 0. The van der Waals surface area contributed by atoms with Crippen molar-refractivity contribution in [2.45, 2.75) is 52.1 Å². The molecule has 3 aromatic carbocycles. The molecule has 38 heavy (non-hydrogen) atoms. The number of aryl methyl sites for hydroxylation is 2. The predicted octanol–water partition coefficient (Wildman–Crippen LogP) is 6.07. The highest BCUT2D eigenvalue weighted by Gasteiger charge is 2.21. The molecular weight excluding hydrogens is 496 g/mol. The van der Waals surface area contributed by atoms with Crippen LogP contribution in [0, 0.1) is 18.8 Å². The minimum atomic E-state index is -0.863. The van der Waals surface area contributed by atoms with Crippen molar-refractivity contribution in [2.75, 3.05) is 18.6 Å². The van der Waals surface area contributed by atoms with Gasteiger partial charge in [0.05, 0.1) is 25.2 Å². The first-order valence-corrected chi connectivity index (χ1v) is 14.6. The van der Waals surface area contributed by atoms with Crippen molar-refractivity contribution in [2.24, 2.45) is 0 Å². The van der Waals surface area contributed by atoms with Crippen LogP contribution in [0.3, 0.4) is 0 Å². The number of ether oxygens (including phenoxy) is 2. The van der Waals surface area contributed by atoms with E-state index in [9.17, 15) is 14.5 Å². The average molecular weight is 531 g/mol. The number of carboxylic acid groups (broad SMARTS) is 1. The minimum Gasteiger partial charge on any atom is -0.617 e. The first-order chi connectivity index (χ1) is 18.4. The summed E-state index contributed by atoms with van der Waals surface area (Å²) in [5.41, 5.74) is 8.39. The van der Waals surface area contributed by atoms with Crippen LogP contribution >= 0.6 is 0 Å². The fraction of sp³-hybridized carbons (Fsp3) is 0.344. The van der Waals surface area contributed by atoms with Crippen LogP contribution in [-0.4, -0.2) is 34.2 Å². The Morgan fingerprint density at radius 2 is 1.89 bits per heavy atom. The smallest absolute Gasteiger partial charge is 0.304 e. The van der Waals surface area contributed by atoms with Gasteiger partial charge in [0.15, 0.2) is 0 Å². The minimum absolute atomic E-state index is 0.0211. The average Bonchev–Trinajstić information content (AvgIpc) is 2.89. The van der Waals surface area contributed by atoms with Crippen molar-refractivity contribution >= 4 is 17.1 Å². The number of carbonyl (C=O) groups is 1. The largest absolute Gasteiger partial charge is 0.617 e. The van der Waals surface area contributed by atoms with E-state index in [0.29, 0.717) is 19.0 Å². The van der Waals surface area contributed by atoms with E-state index in [-0.39, 0.29) is 12.3 Å². The molecule has 0 saturated heterocycles. The van der Waals surface area contributed by atoms with Gasteiger partial charge in [-0.3, -0.25) is 4.79 Å². The third-order valence-corrected chi connectivity index (χ3v) is 7.66. The number of hydrogen-bond acceptors (Lipinski definition) is 4. The van der Waals surface area contributed by atoms with Gasteiger partial charge in [0.1, 0.15) is 23.9 Å². The van der Waals surface area contributed by atoms with Gasteiger partial charge in [0, 0.05) is 6.42 Å². The summed E-state index contributed by atoms with van der Waals surface area (Å²) in [6.45, 7) is 4.89. The second kappa shape index (κ2) is 12.9. The number of hydrogen-bond donors (Lipinski definition) is 1. The molecule has 0 radical (unpaired) electrons. The van der Waals surface area contributed by atoms with E-state index in [1.807, 2.05) is 24.3 Å². The van der Waals surface area contributed by atoms with Gasteiger partial charge in [0.25, 0.3) is 0 Å². The van der Waals surface area contributed by atoms with Crippen LogP contribution < -0.4 is 9.47 Å². The van der Waals surface area contributed by atoms with Crippen molar-refractivity contribution < 1.29 is 23.9 Å². The van der Waals surface area contributed by atoms with Crippen molar-refractivity contribution in [3.05, 3.63) is 82.4 Å². The summed E-state index contributed by atoms with van der Waals surface area (Å²) >= 11 is -0.792. The first-order valence-electron chi connectivity index (χ1n) is 12.9. The van der Waals surface area contributed by atoms with E-state index in [4.69, 9.17) is 9.47 Å². The highest BCUT2D eigenvalue weighted by atomic mass is 32.2. The lowest BCUT2D eigenvalue weighted by Crippen LogP contribution is -2.11. The molecular formula is C32H34O5S. The summed E-state index contributed by atoms with van der Waals surface area (Å²) in [4.78, 5) is 11.2. The molecule has 0 fully saturated rings. The third-order valence-electron chi connectivity index (χ3n) is 6.80. The summed E-state index contributed by atoms with van der Waals surface area (Å²) in [6.07, 6.45) is 4.36. The lowest BCUT2D eigenvalue weighted by molar-refractivity contribution is -0.137. The van der Waals surface area contributed by atoms with E-state index in [1.54, 1.807) is 13.2 Å². The maximum Gasteiger partial charge on any atom is 0.304 e.